The number of hydrogen-bond acceptors (Lipinski definition) is 7. The molecule has 0 unspecified atom stereocenters. The van der Waals surface area contributed by atoms with Gasteiger partial charge in [-0.25, -0.2) is 9.97 Å². The molecule has 1 fully saturated rings. The van der Waals surface area contributed by atoms with Gasteiger partial charge < -0.3 is 20.4 Å². The van der Waals surface area contributed by atoms with Crippen molar-refractivity contribution >= 4 is 22.9 Å². The summed E-state index contributed by atoms with van der Waals surface area (Å²) in [5, 5.41) is 16.9. The molecule has 7 heteroatoms. The third-order valence-electron chi connectivity index (χ3n) is 5.64. The number of nitrogens with one attached hydrogen (secondary N) is 2. The van der Waals surface area contributed by atoms with Gasteiger partial charge in [0.05, 0.1) is 17.1 Å². The van der Waals surface area contributed by atoms with E-state index in [0.29, 0.717) is 23.3 Å². The van der Waals surface area contributed by atoms with Crippen LogP contribution in [-0.4, -0.2) is 47.6 Å². The van der Waals surface area contributed by atoms with Crippen LogP contribution < -0.4 is 15.5 Å². The van der Waals surface area contributed by atoms with Crippen molar-refractivity contribution in [3.8, 4) is 6.07 Å². The Labute approximate surface area is 172 Å². The Bertz CT molecular complexity index is 967. The van der Waals surface area contributed by atoms with E-state index < -0.39 is 0 Å². The van der Waals surface area contributed by atoms with E-state index in [0.717, 1.165) is 55.2 Å². The second kappa shape index (κ2) is 8.10. The van der Waals surface area contributed by atoms with E-state index >= 15 is 0 Å². The van der Waals surface area contributed by atoms with Gasteiger partial charge >= 0.3 is 0 Å². The zero-order valence-corrected chi connectivity index (χ0v) is 17.2. The number of para-hydroxylation sites is 2. The maximum atomic E-state index is 10.0. The van der Waals surface area contributed by atoms with Crippen molar-refractivity contribution in [1.82, 2.24) is 14.9 Å². The summed E-state index contributed by atoms with van der Waals surface area (Å²) in [5.41, 5.74) is 4.18. The number of likely N-dealkylation sites (tertiary alicyclic amines) is 1. The van der Waals surface area contributed by atoms with Crippen molar-refractivity contribution < 1.29 is 0 Å². The van der Waals surface area contributed by atoms with Crippen molar-refractivity contribution in [2.75, 3.05) is 42.2 Å². The van der Waals surface area contributed by atoms with Crippen LogP contribution in [0.2, 0.25) is 0 Å². The van der Waals surface area contributed by atoms with Crippen LogP contribution in [0.1, 0.15) is 31.0 Å². The first-order valence-corrected chi connectivity index (χ1v) is 10.2. The summed E-state index contributed by atoms with van der Waals surface area (Å²) in [6, 6.07) is 10.8. The molecule has 150 valence electrons. The molecule has 0 amide bonds. The number of allylic oxidation sites excluding steroid dienone is 1. The van der Waals surface area contributed by atoms with Crippen LogP contribution in [0, 0.1) is 18.3 Å². The summed E-state index contributed by atoms with van der Waals surface area (Å²) in [4.78, 5) is 13.7. The first-order valence-electron chi connectivity index (χ1n) is 10.2. The SMILES string of the molecule is CCN1/C(=C(\C#N)c2nc(NC3CCN(C)CC3)ncc2C)Nc2ccccc21. The lowest BCUT2D eigenvalue weighted by Gasteiger charge is -2.29. The van der Waals surface area contributed by atoms with E-state index in [1.165, 1.54) is 0 Å². The topological polar surface area (TPSA) is 80.1 Å². The maximum Gasteiger partial charge on any atom is 0.223 e. The van der Waals surface area contributed by atoms with Crippen LogP contribution in [0.4, 0.5) is 17.3 Å². The van der Waals surface area contributed by atoms with Gasteiger partial charge in [-0.05, 0) is 64.5 Å². The molecule has 4 rings (SSSR count). The second-order valence-corrected chi connectivity index (χ2v) is 7.67. The van der Waals surface area contributed by atoms with Gasteiger partial charge in [-0.15, -0.1) is 0 Å². The molecule has 2 aromatic rings. The van der Waals surface area contributed by atoms with Gasteiger partial charge in [-0.1, -0.05) is 12.1 Å². The molecule has 0 spiro atoms. The molecule has 3 heterocycles. The summed E-state index contributed by atoms with van der Waals surface area (Å²) in [6.45, 7) is 6.92. The Hall–Kier alpha value is -3.11. The third kappa shape index (κ3) is 3.76. The Morgan fingerprint density at radius 3 is 2.79 bits per heavy atom. The van der Waals surface area contributed by atoms with Gasteiger partial charge in [0.15, 0.2) is 0 Å². The van der Waals surface area contributed by atoms with Crippen molar-refractivity contribution in [2.45, 2.75) is 32.7 Å². The minimum Gasteiger partial charge on any atom is -0.351 e. The van der Waals surface area contributed by atoms with Gasteiger partial charge in [0.2, 0.25) is 5.95 Å². The monoisotopic (exact) mass is 389 g/mol. The maximum absolute atomic E-state index is 10.0. The summed E-state index contributed by atoms with van der Waals surface area (Å²) in [7, 11) is 2.15. The fraction of sp³-hybridized carbons (Fsp3) is 0.409. The Morgan fingerprint density at radius 1 is 1.31 bits per heavy atom. The standard InChI is InChI=1S/C22H27N7/c1-4-29-19-8-6-5-7-18(19)26-21(29)17(13-23)20-15(2)14-24-22(27-20)25-16-9-11-28(3)12-10-16/h5-8,14,16,26H,4,9-12H2,1-3H3,(H,24,25,27)/b21-17+. The largest absolute Gasteiger partial charge is 0.351 e. The molecule has 1 aromatic carbocycles. The molecule has 0 aliphatic carbocycles. The van der Waals surface area contributed by atoms with Crippen LogP contribution in [0.5, 0.6) is 0 Å². The average Bonchev–Trinajstić information content (AvgIpc) is 3.11. The van der Waals surface area contributed by atoms with Crippen LogP contribution in [0.3, 0.4) is 0 Å². The molecule has 1 saturated heterocycles. The highest BCUT2D eigenvalue weighted by atomic mass is 15.3. The van der Waals surface area contributed by atoms with E-state index in [2.05, 4.69) is 51.5 Å². The van der Waals surface area contributed by atoms with Crippen molar-refractivity contribution in [3.05, 3.63) is 47.5 Å². The molecule has 0 radical (unpaired) electrons. The molecule has 7 nitrogen and oxygen atoms in total. The highest BCUT2D eigenvalue weighted by Gasteiger charge is 2.27. The number of nitrogens with zero attached hydrogens (tertiary/aromatic N) is 5. The van der Waals surface area contributed by atoms with Crippen LogP contribution >= 0.6 is 0 Å². The number of hydrogen-bond donors (Lipinski definition) is 2. The third-order valence-corrected chi connectivity index (χ3v) is 5.64. The summed E-state index contributed by atoms with van der Waals surface area (Å²) >= 11 is 0. The van der Waals surface area contributed by atoms with E-state index in [1.807, 2.05) is 25.1 Å². The van der Waals surface area contributed by atoms with Gasteiger partial charge in [-0.3, -0.25) is 0 Å². The summed E-state index contributed by atoms with van der Waals surface area (Å²) < 4.78 is 0. The number of aromatic nitrogens is 2. The first kappa shape index (κ1) is 19.2. The van der Waals surface area contributed by atoms with Crippen molar-refractivity contribution in [3.63, 3.8) is 0 Å². The van der Waals surface area contributed by atoms with E-state index in [9.17, 15) is 5.26 Å². The highest BCUT2D eigenvalue weighted by Crippen LogP contribution is 2.38. The molecular formula is C22H27N7. The Kier molecular flexibility index (Phi) is 5.36. The number of anilines is 3. The minimum absolute atomic E-state index is 0.362. The highest BCUT2D eigenvalue weighted by molar-refractivity contribution is 5.91. The number of benzene rings is 1. The van der Waals surface area contributed by atoms with E-state index in [-0.39, 0.29) is 0 Å². The molecule has 0 saturated carbocycles. The molecule has 0 bridgehead atoms. The van der Waals surface area contributed by atoms with Gasteiger partial charge in [-0.2, -0.15) is 5.26 Å². The molecule has 2 aliphatic heterocycles. The van der Waals surface area contributed by atoms with Crippen LogP contribution in [0.25, 0.3) is 5.57 Å². The van der Waals surface area contributed by atoms with Crippen LogP contribution in [0.15, 0.2) is 36.3 Å². The van der Waals surface area contributed by atoms with E-state index in [4.69, 9.17) is 4.98 Å². The fourth-order valence-corrected chi connectivity index (χ4v) is 3.97. The molecule has 2 aliphatic rings. The zero-order chi connectivity index (χ0) is 20.4. The van der Waals surface area contributed by atoms with Gasteiger partial charge in [0, 0.05) is 18.8 Å². The number of aryl methyl sites for hydroxylation is 1. The second-order valence-electron chi connectivity index (χ2n) is 7.67. The van der Waals surface area contributed by atoms with Gasteiger partial charge in [0.1, 0.15) is 17.5 Å². The van der Waals surface area contributed by atoms with E-state index in [1.54, 1.807) is 6.20 Å². The average molecular weight is 390 g/mol. The van der Waals surface area contributed by atoms with Crippen molar-refractivity contribution in [2.24, 2.45) is 0 Å². The molecular weight excluding hydrogens is 362 g/mol. The van der Waals surface area contributed by atoms with Crippen molar-refractivity contribution in [1.29, 1.82) is 5.26 Å². The number of rotatable bonds is 4. The normalized spacial score (nSPS) is 18.8. The molecule has 2 N–H and O–H groups in total. The first-order chi connectivity index (χ1) is 14.1. The lowest BCUT2D eigenvalue weighted by molar-refractivity contribution is 0.263. The predicted molar refractivity (Wildman–Crippen MR) is 117 cm³/mol. The predicted octanol–water partition coefficient (Wildman–Crippen LogP) is 3.44. The van der Waals surface area contributed by atoms with Crippen LogP contribution in [-0.2, 0) is 0 Å². The Balaban J connectivity index is 1.67. The number of piperidine rings is 1. The lowest BCUT2D eigenvalue weighted by Crippen LogP contribution is -2.37. The quantitative estimate of drug-likeness (QED) is 0.776. The number of fused-ring (bicyclic) bond motifs is 1. The molecule has 0 atom stereocenters. The molecule has 29 heavy (non-hydrogen) atoms. The minimum atomic E-state index is 0.362. The van der Waals surface area contributed by atoms with Gasteiger partial charge in [0.25, 0.3) is 0 Å². The fourth-order valence-electron chi connectivity index (χ4n) is 3.97. The lowest BCUT2D eigenvalue weighted by atomic mass is 10.1. The Morgan fingerprint density at radius 2 is 2.07 bits per heavy atom. The summed E-state index contributed by atoms with van der Waals surface area (Å²) in [6.07, 6.45) is 3.93. The zero-order valence-electron chi connectivity index (χ0n) is 17.2. The summed E-state index contributed by atoms with van der Waals surface area (Å²) in [5.74, 6) is 1.37. The number of nitriles is 1. The smallest absolute Gasteiger partial charge is 0.223 e. The molecule has 1 aromatic heterocycles.